The first kappa shape index (κ1) is 21.7. The van der Waals surface area contributed by atoms with Crippen LogP contribution in [0.4, 0.5) is 10.8 Å². The number of piperidine rings is 1. The smallest absolute Gasteiger partial charge is 0.261 e. The van der Waals surface area contributed by atoms with Gasteiger partial charge in [-0.2, -0.15) is 0 Å². The normalized spacial score (nSPS) is 14.9. The van der Waals surface area contributed by atoms with E-state index in [9.17, 15) is 13.2 Å². The largest absolute Gasteiger partial charge is 0.371 e. The molecule has 0 spiro atoms. The summed E-state index contributed by atoms with van der Waals surface area (Å²) in [6, 6.07) is 12.6. The molecule has 9 heteroatoms. The summed E-state index contributed by atoms with van der Waals surface area (Å²) in [5, 5.41) is 0.580. The molecule has 1 aliphatic rings. The molecule has 2 aromatic carbocycles. The van der Waals surface area contributed by atoms with E-state index in [1.807, 2.05) is 24.3 Å². The molecule has 0 radical (unpaired) electrons. The highest BCUT2D eigenvalue weighted by molar-refractivity contribution is 7.89. The predicted octanol–water partition coefficient (Wildman–Crippen LogP) is 3.81. The Morgan fingerprint density at radius 3 is 2.42 bits per heavy atom. The molecular weight excluding hydrogens is 432 g/mol. The van der Waals surface area contributed by atoms with Gasteiger partial charge in [-0.25, -0.2) is 17.7 Å². The summed E-state index contributed by atoms with van der Waals surface area (Å²) in [6.07, 6.45) is 3.27. The first-order valence-electron chi connectivity index (χ1n) is 10.2. The molecule has 4 rings (SSSR count). The van der Waals surface area contributed by atoms with Gasteiger partial charge in [0.2, 0.25) is 10.0 Å². The van der Waals surface area contributed by atoms with Crippen LogP contribution in [0.15, 0.2) is 47.4 Å². The highest BCUT2D eigenvalue weighted by atomic mass is 32.2. The monoisotopic (exact) mass is 458 g/mol. The Balaban J connectivity index is 1.78. The van der Waals surface area contributed by atoms with Crippen LogP contribution in [0.5, 0.6) is 0 Å². The molecule has 1 saturated heterocycles. The van der Waals surface area contributed by atoms with Crippen molar-refractivity contribution in [1.82, 2.24) is 9.29 Å². The van der Waals surface area contributed by atoms with Crippen LogP contribution < -0.4 is 9.80 Å². The second-order valence-corrected chi connectivity index (χ2v) is 11.0. The SMILES string of the molecule is CN(C(=O)c1cc(S(=O)(=O)N(C)C)ccc1N1CCCCC1)c1nc2ccccc2s1. The van der Waals surface area contributed by atoms with Crippen LogP contribution in [0.3, 0.4) is 0 Å². The van der Waals surface area contributed by atoms with Crippen molar-refractivity contribution in [2.75, 3.05) is 44.0 Å². The van der Waals surface area contributed by atoms with Crippen molar-refractivity contribution in [2.24, 2.45) is 0 Å². The second kappa shape index (κ2) is 8.57. The number of para-hydroxylation sites is 1. The lowest BCUT2D eigenvalue weighted by Gasteiger charge is -2.31. The van der Waals surface area contributed by atoms with E-state index in [2.05, 4.69) is 9.88 Å². The fourth-order valence-electron chi connectivity index (χ4n) is 3.74. The maximum atomic E-state index is 13.6. The minimum atomic E-state index is -3.66. The van der Waals surface area contributed by atoms with Crippen molar-refractivity contribution in [3.63, 3.8) is 0 Å². The Labute approximate surface area is 187 Å². The standard InChI is InChI=1S/C22H26N4O3S2/c1-24(2)31(28,29)16-11-12-19(26-13-7-4-8-14-26)17(15-16)21(27)25(3)22-23-18-9-5-6-10-20(18)30-22/h5-6,9-12,15H,4,7-8,13-14H2,1-3H3. The Bertz CT molecular complexity index is 1180. The maximum absolute atomic E-state index is 13.6. The summed E-state index contributed by atoms with van der Waals surface area (Å²) in [7, 11) is 1.00. The number of nitrogens with zero attached hydrogens (tertiary/aromatic N) is 4. The summed E-state index contributed by atoms with van der Waals surface area (Å²) in [5.74, 6) is -0.268. The van der Waals surface area contributed by atoms with E-state index >= 15 is 0 Å². The number of fused-ring (bicyclic) bond motifs is 1. The average molecular weight is 459 g/mol. The van der Waals surface area contributed by atoms with Crippen LogP contribution in [0, 0.1) is 0 Å². The van der Waals surface area contributed by atoms with E-state index in [4.69, 9.17) is 0 Å². The van der Waals surface area contributed by atoms with Crippen LogP contribution in [0.25, 0.3) is 10.2 Å². The van der Waals surface area contributed by atoms with Gasteiger partial charge in [0.15, 0.2) is 5.13 Å². The molecule has 31 heavy (non-hydrogen) atoms. The summed E-state index contributed by atoms with van der Waals surface area (Å²) in [4.78, 5) is 22.0. The fourth-order valence-corrected chi connectivity index (χ4v) is 5.59. The predicted molar refractivity (Wildman–Crippen MR) is 126 cm³/mol. The summed E-state index contributed by atoms with van der Waals surface area (Å²) in [6.45, 7) is 1.70. The summed E-state index contributed by atoms with van der Waals surface area (Å²) >= 11 is 1.44. The fraction of sp³-hybridized carbons (Fsp3) is 0.364. The Hall–Kier alpha value is -2.49. The van der Waals surface area contributed by atoms with E-state index < -0.39 is 10.0 Å². The molecule has 0 unspecified atom stereocenters. The number of hydrogen-bond donors (Lipinski definition) is 0. The van der Waals surface area contributed by atoms with Crippen molar-refractivity contribution in [1.29, 1.82) is 0 Å². The summed E-state index contributed by atoms with van der Waals surface area (Å²) < 4.78 is 27.6. The molecule has 1 amide bonds. The number of rotatable bonds is 5. The van der Waals surface area contributed by atoms with Crippen LogP contribution >= 0.6 is 11.3 Å². The Kier molecular flexibility index (Phi) is 6.00. The van der Waals surface area contributed by atoms with Gasteiger partial charge in [0, 0.05) is 39.9 Å². The molecular formula is C22H26N4O3S2. The third kappa shape index (κ3) is 4.17. The van der Waals surface area contributed by atoms with E-state index in [1.54, 1.807) is 19.2 Å². The molecule has 1 aromatic heterocycles. The van der Waals surface area contributed by atoms with Crippen molar-refractivity contribution in [2.45, 2.75) is 24.2 Å². The Morgan fingerprint density at radius 1 is 1.03 bits per heavy atom. The first-order chi connectivity index (χ1) is 14.8. The van der Waals surface area contributed by atoms with Crippen molar-refractivity contribution < 1.29 is 13.2 Å². The van der Waals surface area contributed by atoms with Gasteiger partial charge in [-0.15, -0.1) is 0 Å². The molecule has 164 valence electrons. The molecule has 1 aliphatic heterocycles. The summed E-state index contributed by atoms with van der Waals surface area (Å²) in [5.41, 5.74) is 1.99. The number of carbonyl (C=O) groups excluding carboxylic acids is 1. The van der Waals surface area contributed by atoms with Crippen molar-refractivity contribution in [3.8, 4) is 0 Å². The number of aromatic nitrogens is 1. The van der Waals surface area contributed by atoms with Gasteiger partial charge < -0.3 is 4.90 Å². The van der Waals surface area contributed by atoms with E-state index in [-0.39, 0.29) is 10.8 Å². The molecule has 0 bridgehead atoms. The number of hydrogen-bond acceptors (Lipinski definition) is 6. The van der Waals surface area contributed by atoms with Gasteiger partial charge in [-0.1, -0.05) is 23.5 Å². The third-order valence-electron chi connectivity index (χ3n) is 5.55. The molecule has 0 saturated carbocycles. The number of carbonyl (C=O) groups is 1. The van der Waals surface area contributed by atoms with Gasteiger partial charge in [0.25, 0.3) is 5.91 Å². The van der Waals surface area contributed by atoms with Gasteiger partial charge >= 0.3 is 0 Å². The second-order valence-electron chi connectivity index (χ2n) is 7.84. The average Bonchev–Trinajstić information content (AvgIpc) is 3.22. The zero-order valence-corrected chi connectivity index (χ0v) is 19.5. The highest BCUT2D eigenvalue weighted by Crippen LogP contribution is 2.32. The van der Waals surface area contributed by atoms with Crippen molar-refractivity contribution in [3.05, 3.63) is 48.0 Å². The van der Waals surface area contributed by atoms with Crippen molar-refractivity contribution >= 4 is 48.3 Å². The molecule has 0 atom stereocenters. The number of anilines is 2. The highest BCUT2D eigenvalue weighted by Gasteiger charge is 2.27. The van der Waals surface area contributed by atoms with Crippen LogP contribution in [0.1, 0.15) is 29.6 Å². The van der Waals surface area contributed by atoms with Crippen LogP contribution in [-0.2, 0) is 10.0 Å². The van der Waals surface area contributed by atoms with E-state index in [0.29, 0.717) is 10.7 Å². The van der Waals surface area contributed by atoms with Crippen LogP contribution in [-0.4, -0.2) is 57.8 Å². The Morgan fingerprint density at radius 2 is 1.74 bits per heavy atom. The zero-order valence-electron chi connectivity index (χ0n) is 17.9. The molecule has 3 aromatic rings. The van der Waals surface area contributed by atoms with E-state index in [0.717, 1.165) is 46.1 Å². The minimum Gasteiger partial charge on any atom is -0.371 e. The maximum Gasteiger partial charge on any atom is 0.261 e. The lowest BCUT2D eigenvalue weighted by Crippen LogP contribution is -2.34. The quantitative estimate of drug-likeness (QED) is 0.581. The van der Waals surface area contributed by atoms with Gasteiger partial charge in [-0.05, 0) is 49.6 Å². The lowest BCUT2D eigenvalue weighted by molar-refractivity contribution is 0.0993. The molecule has 0 N–H and O–H groups in total. The number of benzene rings is 2. The van der Waals surface area contributed by atoms with Gasteiger partial charge in [-0.3, -0.25) is 9.69 Å². The topological polar surface area (TPSA) is 73.8 Å². The molecule has 2 heterocycles. The van der Waals surface area contributed by atoms with E-state index in [1.165, 1.54) is 42.8 Å². The number of sulfonamides is 1. The lowest BCUT2D eigenvalue weighted by atomic mass is 10.1. The van der Waals surface area contributed by atoms with Crippen LogP contribution in [0.2, 0.25) is 0 Å². The number of amides is 1. The zero-order chi connectivity index (χ0) is 22.2. The minimum absolute atomic E-state index is 0.110. The third-order valence-corrected chi connectivity index (χ3v) is 8.47. The number of thiazole rings is 1. The molecule has 7 nitrogen and oxygen atoms in total. The van der Waals surface area contributed by atoms with Gasteiger partial charge in [0.05, 0.1) is 20.7 Å². The van der Waals surface area contributed by atoms with Gasteiger partial charge in [0.1, 0.15) is 0 Å². The molecule has 0 aliphatic carbocycles. The molecule has 1 fully saturated rings. The first-order valence-corrected chi connectivity index (χ1v) is 12.5.